The lowest BCUT2D eigenvalue weighted by molar-refractivity contribution is 0.244. The fourth-order valence-corrected chi connectivity index (χ4v) is 2.88. The Balaban J connectivity index is 2.22. The van der Waals surface area contributed by atoms with Gasteiger partial charge in [-0.1, -0.05) is 27.2 Å². The minimum atomic E-state index is 0.336. The van der Waals surface area contributed by atoms with Crippen LogP contribution in [-0.2, 0) is 0 Å². The van der Waals surface area contributed by atoms with E-state index in [0.717, 1.165) is 13.0 Å². The molecule has 0 heterocycles. The Morgan fingerprint density at radius 2 is 2.12 bits per heavy atom. The summed E-state index contributed by atoms with van der Waals surface area (Å²) in [6.45, 7) is 8.39. The van der Waals surface area contributed by atoms with Gasteiger partial charge in [0.2, 0.25) is 0 Å². The van der Waals surface area contributed by atoms with Gasteiger partial charge in [0.25, 0.3) is 0 Å². The first-order valence-electron chi connectivity index (χ1n) is 6.91. The molecule has 1 aliphatic carbocycles. The summed E-state index contributed by atoms with van der Waals surface area (Å²) < 4.78 is 0. The van der Waals surface area contributed by atoms with Crippen LogP contribution >= 0.6 is 0 Å². The van der Waals surface area contributed by atoms with E-state index in [1.165, 1.54) is 32.1 Å². The van der Waals surface area contributed by atoms with Gasteiger partial charge in [-0.05, 0) is 50.0 Å². The third kappa shape index (κ3) is 4.84. The van der Waals surface area contributed by atoms with Crippen molar-refractivity contribution < 1.29 is 5.11 Å². The van der Waals surface area contributed by atoms with Crippen molar-refractivity contribution in [1.29, 1.82) is 0 Å². The Hall–Kier alpha value is -0.0800. The van der Waals surface area contributed by atoms with Crippen molar-refractivity contribution in [2.75, 3.05) is 13.2 Å². The monoisotopic (exact) mass is 227 g/mol. The molecule has 2 nitrogen and oxygen atoms in total. The van der Waals surface area contributed by atoms with Crippen LogP contribution in [0.3, 0.4) is 0 Å². The highest BCUT2D eigenvalue weighted by atomic mass is 16.3. The summed E-state index contributed by atoms with van der Waals surface area (Å²) in [6, 6.07) is 0.716. The number of nitrogens with one attached hydrogen (secondary N) is 1. The van der Waals surface area contributed by atoms with Gasteiger partial charge in [-0.2, -0.15) is 0 Å². The van der Waals surface area contributed by atoms with Crippen molar-refractivity contribution in [2.45, 2.75) is 65.3 Å². The Kier molecular flexibility index (Phi) is 5.77. The minimum Gasteiger partial charge on any atom is -0.396 e. The van der Waals surface area contributed by atoms with E-state index in [0.29, 0.717) is 24.0 Å². The van der Waals surface area contributed by atoms with E-state index in [1.54, 1.807) is 0 Å². The average molecular weight is 227 g/mol. The molecule has 2 heteroatoms. The molecule has 2 N–H and O–H groups in total. The molecule has 0 aromatic rings. The zero-order valence-electron chi connectivity index (χ0n) is 11.3. The van der Waals surface area contributed by atoms with Gasteiger partial charge in [0.05, 0.1) is 0 Å². The summed E-state index contributed by atoms with van der Waals surface area (Å²) in [4.78, 5) is 0. The normalized spacial score (nSPS) is 25.9. The van der Waals surface area contributed by atoms with Gasteiger partial charge in [0.15, 0.2) is 0 Å². The van der Waals surface area contributed by atoms with Gasteiger partial charge in [0.1, 0.15) is 0 Å². The van der Waals surface area contributed by atoms with E-state index in [1.807, 2.05) is 0 Å². The zero-order valence-corrected chi connectivity index (χ0v) is 11.3. The van der Waals surface area contributed by atoms with Gasteiger partial charge in [0, 0.05) is 12.6 Å². The second-order valence-corrected chi connectivity index (χ2v) is 6.18. The second-order valence-electron chi connectivity index (χ2n) is 6.18. The molecule has 0 aromatic heterocycles. The molecular weight excluding hydrogens is 198 g/mol. The fourth-order valence-electron chi connectivity index (χ4n) is 2.88. The molecular formula is C14H29NO. The second kappa shape index (κ2) is 6.61. The number of hydrogen-bond acceptors (Lipinski definition) is 2. The van der Waals surface area contributed by atoms with Crippen molar-refractivity contribution in [3.63, 3.8) is 0 Å². The lowest BCUT2D eigenvalue weighted by atomic mass is 9.91. The maximum Gasteiger partial charge on any atom is 0.0434 e. The number of rotatable bonds is 7. The molecule has 0 bridgehead atoms. The third-order valence-corrected chi connectivity index (χ3v) is 3.90. The highest BCUT2D eigenvalue weighted by molar-refractivity contribution is 4.86. The maximum atomic E-state index is 9.01. The van der Waals surface area contributed by atoms with E-state index in [4.69, 9.17) is 5.11 Å². The first-order chi connectivity index (χ1) is 7.57. The molecule has 0 saturated heterocycles. The van der Waals surface area contributed by atoms with Crippen LogP contribution < -0.4 is 5.32 Å². The van der Waals surface area contributed by atoms with E-state index < -0.39 is 0 Å². The van der Waals surface area contributed by atoms with Crippen LogP contribution in [0.15, 0.2) is 0 Å². The van der Waals surface area contributed by atoms with Crippen molar-refractivity contribution in [3.8, 4) is 0 Å². The Morgan fingerprint density at radius 3 is 2.62 bits per heavy atom. The van der Waals surface area contributed by atoms with E-state index in [-0.39, 0.29) is 0 Å². The number of aliphatic hydroxyl groups is 1. The van der Waals surface area contributed by atoms with Crippen molar-refractivity contribution >= 4 is 0 Å². The van der Waals surface area contributed by atoms with Crippen molar-refractivity contribution in [3.05, 3.63) is 0 Å². The molecule has 1 aliphatic rings. The quantitative estimate of drug-likeness (QED) is 0.701. The topological polar surface area (TPSA) is 32.3 Å². The zero-order chi connectivity index (χ0) is 12.0. The molecule has 1 fully saturated rings. The van der Waals surface area contributed by atoms with E-state index in [2.05, 4.69) is 26.1 Å². The van der Waals surface area contributed by atoms with Crippen LogP contribution in [0, 0.1) is 11.3 Å². The Labute approximate surface area is 101 Å². The summed E-state index contributed by atoms with van der Waals surface area (Å²) >= 11 is 0. The summed E-state index contributed by atoms with van der Waals surface area (Å²) in [5, 5.41) is 12.7. The van der Waals surface area contributed by atoms with Crippen LogP contribution in [0.2, 0.25) is 0 Å². The highest BCUT2D eigenvalue weighted by Gasteiger charge is 2.30. The molecule has 1 saturated carbocycles. The van der Waals surface area contributed by atoms with Crippen LogP contribution in [0.1, 0.15) is 59.3 Å². The van der Waals surface area contributed by atoms with Gasteiger partial charge < -0.3 is 10.4 Å². The minimum absolute atomic E-state index is 0.336. The van der Waals surface area contributed by atoms with Crippen LogP contribution in [0.5, 0.6) is 0 Å². The highest BCUT2D eigenvalue weighted by Crippen LogP contribution is 2.36. The van der Waals surface area contributed by atoms with Crippen molar-refractivity contribution in [1.82, 2.24) is 5.32 Å². The van der Waals surface area contributed by atoms with E-state index in [9.17, 15) is 0 Å². The van der Waals surface area contributed by atoms with Crippen LogP contribution in [-0.4, -0.2) is 24.3 Å². The predicted molar refractivity (Wildman–Crippen MR) is 69.5 cm³/mol. The lowest BCUT2D eigenvalue weighted by Gasteiger charge is -2.21. The summed E-state index contributed by atoms with van der Waals surface area (Å²) in [6.07, 6.45) is 7.40. The molecule has 96 valence electrons. The van der Waals surface area contributed by atoms with Gasteiger partial charge >= 0.3 is 0 Å². The smallest absolute Gasteiger partial charge is 0.0434 e. The summed E-state index contributed by atoms with van der Waals surface area (Å²) in [5.74, 6) is 0.665. The Morgan fingerprint density at radius 1 is 1.38 bits per heavy atom. The summed E-state index contributed by atoms with van der Waals surface area (Å²) in [7, 11) is 0. The van der Waals surface area contributed by atoms with Crippen LogP contribution in [0.4, 0.5) is 0 Å². The number of hydrogen-bond donors (Lipinski definition) is 2. The molecule has 1 rings (SSSR count). The average Bonchev–Trinajstić information content (AvgIpc) is 2.55. The first kappa shape index (κ1) is 14.0. The molecule has 2 unspecified atom stereocenters. The van der Waals surface area contributed by atoms with Gasteiger partial charge in [-0.15, -0.1) is 0 Å². The molecule has 0 aliphatic heterocycles. The standard InChI is InChI=1S/C14H29NO/c1-4-5-12(7-9-16)11-15-13-6-8-14(2,3)10-13/h12-13,15-16H,4-11H2,1-3H3. The fraction of sp³-hybridized carbons (Fsp3) is 1.00. The SMILES string of the molecule is CCCC(CCO)CNC1CCC(C)(C)C1. The summed E-state index contributed by atoms with van der Waals surface area (Å²) in [5.41, 5.74) is 0.537. The van der Waals surface area contributed by atoms with E-state index >= 15 is 0 Å². The van der Waals surface area contributed by atoms with Crippen molar-refractivity contribution in [2.24, 2.45) is 11.3 Å². The van der Waals surface area contributed by atoms with Gasteiger partial charge in [-0.3, -0.25) is 0 Å². The predicted octanol–water partition coefficient (Wildman–Crippen LogP) is 2.95. The number of aliphatic hydroxyl groups excluding tert-OH is 1. The molecule has 0 amide bonds. The lowest BCUT2D eigenvalue weighted by Crippen LogP contribution is -2.32. The van der Waals surface area contributed by atoms with Crippen LogP contribution in [0.25, 0.3) is 0 Å². The molecule has 0 radical (unpaired) electrons. The molecule has 0 spiro atoms. The largest absolute Gasteiger partial charge is 0.396 e. The third-order valence-electron chi connectivity index (χ3n) is 3.90. The van der Waals surface area contributed by atoms with Gasteiger partial charge in [-0.25, -0.2) is 0 Å². The Bertz CT molecular complexity index is 183. The maximum absolute atomic E-state index is 9.01. The molecule has 2 atom stereocenters. The molecule has 16 heavy (non-hydrogen) atoms. The molecule has 0 aromatic carbocycles. The first-order valence-corrected chi connectivity index (χ1v) is 6.91.